The Labute approximate surface area is 212 Å². The van der Waals surface area contributed by atoms with Crippen LogP contribution in [0.2, 0.25) is 0 Å². The van der Waals surface area contributed by atoms with Crippen molar-refractivity contribution in [1.82, 2.24) is 19.9 Å². The average molecular weight is 498 g/mol. The summed E-state index contributed by atoms with van der Waals surface area (Å²) < 4.78 is 16.8. The van der Waals surface area contributed by atoms with Gasteiger partial charge in [0.15, 0.2) is 17.2 Å². The van der Waals surface area contributed by atoms with Crippen LogP contribution in [0.5, 0.6) is 5.75 Å². The van der Waals surface area contributed by atoms with E-state index in [1.807, 2.05) is 19.1 Å². The quantitative estimate of drug-likeness (QED) is 0.210. The number of ether oxygens (including phenoxy) is 3. The van der Waals surface area contributed by atoms with Crippen LogP contribution in [0.1, 0.15) is 23.9 Å². The smallest absolute Gasteiger partial charge is 0.347 e. The summed E-state index contributed by atoms with van der Waals surface area (Å²) in [5, 5.41) is 3.89. The third kappa shape index (κ3) is 5.03. The van der Waals surface area contributed by atoms with Crippen LogP contribution in [-0.4, -0.2) is 38.3 Å². The SMILES string of the molecule is CCOC(=O)C1=C(Nc2ccc(OCc3ncccn3)cc2C)OC(=Cc2c[nH]c3ncccc23)C1=O. The summed E-state index contributed by atoms with van der Waals surface area (Å²) in [6.45, 7) is 3.88. The molecule has 0 bridgehead atoms. The van der Waals surface area contributed by atoms with Gasteiger partial charge in [-0.3, -0.25) is 4.79 Å². The fourth-order valence-electron chi connectivity index (χ4n) is 3.78. The van der Waals surface area contributed by atoms with Crippen LogP contribution >= 0.6 is 0 Å². The third-order valence-corrected chi connectivity index (χ3v) is 5.57. The number of allylic oxidation sites excluding steroid dienone is 1. The van der Waals surface area contributed by atoms with Gasteiger partial charge in [-0.05, 0) is 61.9 Å². The molecule has 1 aromatic carbocycles. The summed E-state index contributed by atoms with van der Waals surface area (Å²) in [5.74, 6) is -0.154. The predicted molar refractivity (Wildman–Crippen MR) is 135 cm³/mol. The number of nitrogens with one attached hydrogen (secondary N) is 2. The maximum atomic E-state index is 13.2. The van der Waals surface area contributed by atoms with E-state index in [-0.39, 0.29) is 30.4 Å². The second-order valence-corrected chi connectivity index (χ2v) is 8.06. The van der Waals surface area contributed by atoms with Crippen LogP contribution in [0.4, 0.5) is 5.69 Å². The minimum absolute atomic E-state index is 0.00196. The van der Waals surface area contributed by atoms with Gasteiger partial charge < -0.3 is 24.5 Å². The number of carbonyl (C=O) groups is 2. The highest BCUT2D eigenvalue weighted by molar-refractivity contribution is 6.26. The summed E-state index contributed by atoms with van der Waals surface area (Å²) in [4.78, 5) is 41.5. The summed E-state index contributed by atoms with van der Waals surface area (Å²) >= 11 is 0. The van der Waals surface area contributed by atoms with Crippen molar-refractivity contribution in [3.05, 3.63) is 95.4 Å². The first-order chi connectivity index (χ1) is 18.0. The number of aromatic amines is 1. The lowest BCUT2D eigenvalue weighted by Gasteiger charge is -2.13. The van der Waals surface area contributed by atoms with E-state index in [1.165, 1.54) is 0 Å². The van der Waals surface area contributed by atoms with Crippen LogP contribution in [0.3, 0.4) is 0 Å². The van der Waals surface area contributed by atoms with Crippen molar-refractivity contribution in [2.24, 2.45) is 0 Å². The predicted octanol–water partition coefficient (Wildman–Crippen LogP) is 4.07. The topological polar surface area (TPSA) is 128 Å². The minimum Gasteiger partial charge on any atom is -0.486 e. The number of Topliss-reactive ketones (excluding diaryl/α,β-unsaturated/α-hetero) is 1. The molecule has 186 valence electrons. The number of carbonyl (C=O) groups excluding carboxylic acids is 2. The van der Waals surface area contributed by atoms with Crippen molar-refractivity contribution in [3.8, 4) is 5.75 Å². The number of H-pyrrole nitrogens is 1. The highest BCUT2D eigenvalue weighted by atomic mass is 16.5. The van der Waals surface area contributed by atoms with E-state index >= 15 is 0 Å². The van der Waals surface area contributed by atoms with Gasteiger partial charge in [-0.25, -0.2) is 19.7 Å². The van der Waals surface area contributed by atoms with Gasteiger partial charge >= 0.3 is 5.97 Å². The lowest BCUT2D eigenvalue weighted by atomic mass is 10.1. The fourth-order valence-corrected chi connectivity index (χ4v) is 3.78. The first kappa shape index (κ1) is 23.7. The number of ketones is 1. The Morgan fingerprint density at radius 3 is 2.73 bits per heavy atom. The number of fused-ring (bicyclic) bond motifs is 1. The number of rotatable bonds is 8. The molecule has 2 N–H and O–H groups in total. The zero-order valence-electron chi connectivity index (χ0n) is 20.1. The molecule has 0 amide bonds. The van der Waals surface area contributed by atoms with Crippen molar-refractivity contribution < 1.29 is 23.8 Å². The van der Waals surface area contributed by atoms with Gasteiger partial charge in [0.05, 0.1) is 6.61 Å². The summed E-state index contributed by atoms with van der Waals surface area (Å²) in [5.41, 5.74) is 2.61. The molecule has 0 saturated carbocycles. The van der Waals surface area contributed by atoms with Crippen molar-refractivity contribution >= 4 is 34.5 Å². The monoisotopic (exact) mass is 497 g/mol. The summed E-state index contributed by atoms with van der Waals surface area (Å²) in [6, 6.07) is 10.8. The van der Waals surface area contributed by atoms with Crippen LogP contribution in [0.25, 0.3) is 17.1 Å². The number of hydrogen-bond acceptors (Lipinski definition) is 9. The number of aryl methyl sites for hydroxylation is 1. The van der Waals surface area contributed by atoms with Crippen LogP contribution in [0, 0.1) is 6.92 Å². The number of nitrogens with zero attached hydrogens (tertiary/aromatic N) is 3. The Hall–Kier alpha value is -4.99. The van der Waals surface area contributed by atoms with Gasteiger partial charge in [-0.1, -0.05) is 0 Å². The molecule has 37 heavy (non-hydrogen) atoms. The Bertz CT molecular complexity index is 1540. The molecule has 0 radical (unpaired) electrons. The first-order valence-electron chi connectivity index (χ1n) is 11.6. The van der Waals surface area contributed by atoms with E-state index in [2.05, 4.69) is 25.3 Å². The average Bonchev–Trinajstić information content (AvgIpc) is 3.45. The molecule has 5 rings (SSSR count). The van der Waals surface area contributed by atoms with Crippen LogP contribution in [0.15, 0.2) is 78.4 Å². The normalized spacial score (nSPS) is 14.2. The molecule has 0 atom stereocenters. The second-order valence-electron chi connectivity index (χ2n) is 8.06. The van der Waals surface area contributed by atoms with E-state index in [9.17, 15) is 9.59 Å². The van der Waals surface area contributed by atoms with E-state index in [1.54, 1.807) is 62.1 Å². The molecule has 10 heteroatoms. The van der Waals surface area contributed by atoms with Crippen LogP contribution in [-0.2, 0) is 25.7 Å². The molecule has 10 nitrogen and oxygen atoms in total. The lowest BCUT2D eigenvalue weighted by Crippen LogP contribution is -2.16. The standard InChI is InChI=1S/C27H23N5O5/c1-3-35-27(34)23-24(33)21(13-17-14-31-25-19(17)6-4-9-30-25)37-26(23)32-20-8-7-18(12-16(20)2)36-15-22-28-10-5-11-29-22/h4-14,32H,3,15H2,1-2H3,(H,30,31). The second kappa shape index (κ2) is 10.3. The molecule has 0 unspecified atom stereocenters. The van der Waals surface area contributed by atoms with Crippen molar-refractivity contribution in [3.63, 3.8) is 0 Å². The Balaban J connectivity index is 1.39. The Kier molecular flexibility index (Phi) is 6.62. The maximum absolute atomic E-state index is 13.2. The zero-order valence-corrected chi connectivity index (χ0v) is 20.1. The first-order valence-corrected chi connectivity index (χ1v) is 11.6. The van der Waals surface area contributed by atoms with Gasteiger partial charge in [-0.2, -0.15) is 0 Å². The van der Waals surface area contributed by atoms with Crippen molar-refractivity contribution in [2.45, 2.75) is 20.5 Å². The van der Waals surface area contributed by atoms with Crippen molar-refractivity contribution in [2.75, 3.05) is 11.9 Å². The molecule has 1 aliphatic rings. The highest BCUT2D eigenvalue weighted by Gasteiger charge is 2.37. The van der Waals surface area contributed by atoms with E-state index < -0.39 is 11.8 Å². The van der Waals surface area contributed by atoms with Crippen molar-refractivity contribution in [1.29, 1.82) is 0 Å². The molecule has 0 saturated heterocycles. The number of pyridine rings is 1. The van der Waals surface area contributed by atoms with Gasteiger partial charge in [0.25, 0.3) is 0 Å². The maximum Gasteiger partial charge on any atom is 0.347 e. The molecule has 0 fully saturated rings. The molecular formula is C27H23N5O5. The zero-order chi connectivity index (χ0) is 25.8. The Morgan fingerprint density at radius 2 is 1.95 bits per heavy atom. The number of hydrogen-bond donors (Lipinski definition) is 2. The third-order valence-electron chi connectivity index (χ3n) is 5.57. The molecular weight excluding hydrogens is 474 g/mol. The molecule has 3 aromatic heterocycles. The van der Waals surface area contributed by atoms with E-state index in [0.29, 0.717) is 28.5 Å². The van der Waals surface area contributed by atoms with E-state index in [0.717, 1.165) is 10.9 Å². The number of benzene rings is 1. The summed E-state index contributed by atoms with van der Waals surface area (Å²) in [6.07, 6.45) is 8.27. The fraction of sp³-hybridized carbons (Fsp3) is 0.148. The number of esters is 1. The lowest BCUT2D eigenvalue weighted by molar-refractivity contribution is -0.139. The number of anilines is 1. The Morgan fingerprint density at radius 1 is 1.14 bits per heavy atom. The van der Waals surface area contributed by atoms with Gasteiger partial charge in [0.1, 0.15) is 18.0 Å². The molecule has 0 aliphatic carbocycles. The van der Waals surface area contributed by atoms with Gasteiger partial charge in [-0.15, -0.1) is 0 Å². The molecule has 4 heterocycles. The molecule has 0 spiro atoms. The van der Waals surface area contributed by atoms with Crippen LogP contribution < -0.4 is 10.1 Å². The largest absolute Gasteiger partial charge is 0.486 e. The van der Waals surface area contributed by atoms with Gasteiger partial charge in [0.2, 0.25) is 11.7 Å². The highest BCUT2D eigenvalue weighted by Crippen LogP contribution is 2.32. The minimum atomic E-state index is -0.764. The van der Waals surface area contributed by atoms with Gasteiger partial charge in [0, 0.05) is 41.4 Å². The molecule has 1 aliphatic heterocycles. The summed E-state index contributed by atoms with van der Waals surface area (Å²) in [7, 11) is 0. The van der Waals surface area contributed by atoms with E-state index in [4.69, 9.17) is 14.2 Å². The molecule has 4 aromatic rings. The number of aromatic nitrogens is 4.